The van der Waals surface area contributed by atoms with Crippen molar-refractivity contribution in [3.8, 4) is 0 Å². The van der Waals surface area contributed by atoms with Gasteiger partial charge in [0.15, 0.2) is 0 Å². The second-order valence-electron chi connectivity index (χ2n) is 4.61. The van der Waals surface area contributed by atoms with Gasteiger partial charge in [0.25, 0.3) is 5.91 Å². The number of aliphatic hydroxyl groups is 2. The minimum Gasteiger partial charge on any atom is -0.397 e. The van der Waals surface area contributed by atoms with E-state index < -0.39 is 11.4 Å². The van der Waals surface area contributed by atoms with Gasteiger partial charge in [0, 0.05) is 11.6 Å². The van der Waals surface area contributed by atoms with E-state index in [1.165, 1.54) is 11.3 Å². The fourth-order valence-electron chi connectivity index (χ4n) is 1.86. The molecule has 5 N–H and O–H groups in total. The van der Waals surface area contributed by atoms with Gasteiger partial charge in [-0.2, -0.15) is 0 Å². The summed E-state index contributed by atoms with van der Waals surface area (Å²) in [4.78, 5) is 17.5. The molecule has 20 heavy (non-hydrogen) atoms. The Bertz CT molecular complexity index is 614. The van der Waals surface area contributed by atoms with Crippen molar-refractivity contribution < 1.29 is 15.0 Å². The average molecular weight is 295 g/mol. The third-order valence-electron chi connectivity index (χ3n) is 3.37. The fraction of sp³-hybridized carbons (Fsp3) is 0.385. The van der Waals surface area contributed by atoms with E-state index in [0.29, 0.717) is 21.8 Å². The minimum absolute atomic E-state index is 0.339. The molecule has 2 aromatic rings. The van der Waals surface area contributed by atoms with Crippen molar-refractivity contribution in [1.82, 2.24) is 10.3 Å². The van der Waals surface area contributed by atoms with E-state index in [1.54, 1.807) is 25.3 Å². The molecule has 2 heterocycles. The summed E-state index contributed by atoms with van der Waals surface area (Å²) in [6, 6.07) is 3.56. The zero-order valence-electron chi connectivity index (χ0n) is 11.1. The van der Waals surface area contributed by atoms with E-state index >= 15 is 0 Å². The van der Waals surface area contributed by atoms with Crippen LogP contribution in [-0.4, -0.2) is 39.9 Å². The molecule has 0 aliphatic carbocycles. The zero-order valence-corrected chi connectivity index (χ0v) is 11.9. The van der Waals surface area contributed by atoms with Crippen LogP contribution in [0.4, 0.5) is 5.69 Å². The van der Waals surface area contributed by atoms with Crippen LogP contribution in [0, 0.1) is 0 Å². The van der Waals surface area contributed by atoms with E-state index in [0.717, 1.165) is 5.39 Å². The molecule has 0 atom stereocenters. The summed E-state index contributed by atoms with van der Waals surface area (Å²) < 4.78 is 0. The number of aromatic nitrogens is 1. The highest BCUT2D eigenvalue weighted by Crippen LogP contribution is 2.32. The summed E-state index contributed by atoms with van der Waals surface area (Å²) in [7, 11) is 0. The lowest BCUT2D eigenvalue weighted by molar-refractivity contribution is 0.0657. The smallest absolute Gasteiger partial charge is 0.264 e. The maximum Gasteiger partial charge on any atom is 0.264 e. The molecule has 0 fully saturated rings. The van der Waals surface area contributed by atoms with Gasteiger partial charge in [-0.25, -0.2) is 4.98 Å². The number of thiophene rings is 1. The first kappa shape index (κ1) is 14.7. The number of carbonyl (C=O) groups excluding carboxylic acids is 1. The maximum atomic E-state index is 12.3. The number of nitrogens with two attached hydrogens (primary N) is 1. The van der Waals surface area contributed by atoms with Crippen LogP contribution in [0.2, 0.25) is 0 Å². The summed E-state index contributed by atoms with van der Waals surface area (Å²) >= 11 is 1.19. The Labute approximate surface area is 120 Å². The number of nitrogens with one attached hydrogen (secondary N) is 1. The molecule has 0 saturated carbocycles. The summed E-state index contributed by atoms with van der Waals surface area (Å²) in [5.74, 6) is -0.407. The number of fused-ring (bicyclic) bond motifs is 1. The van der Waals surface area contributed by atoms with E-state index in [2.05, 4.69) is 10.3 Å². The van der Waals surface area contributed by atoms with Crippen LogP contribution in [0.3, 0.4) is 0 Å². The van der Waals surface area contributed by atoms with E-state index in [4.69, 9.17) is 5.73 Å². The van der Waals surface area contributed by atoms with E-state index in [1.807, 2.05) is 0 Å². The SMILES string of the molecule is CCC(CO)(CO)NC(=O)c1sc2ncccc2c1N. The van der Waals surface area contributed by atoms with Gasteiger partial charge in [0.05, 0.1) is 24.4 Å². The van der Waals surface area contributed by atoms with Gasteiger partial charge in [-0.1, -0.05) is 6.92 Å². The quantitative estimate of drug-likeness (QED) is 0.650. The normalized spacial score (nSPS) is 11.8. The predicted octanol–water partition coefficient (Wildman–Crippen LogP) is 0.742. The molecule has 7 heteroatoms. The van der Waals surface area contributed by atoms with Crippen LogP contribution in [0.1, 0.15) is 23.0 Å². The van der Waals surface area contributed by atoms with Crippen LogP contribution in [-0.2, 0) is 0 Å². The molecule has 2 rings (SSSR count). The molecule has 0 saturated heterocycles. The standard InChI is InChI=1S/C13H17N3O3S/c1-2-13(6-17,7-18)16-11(19)10-9(14)8-4-3-5-15-12(8)20-10/h3-5,17-18H,2,6-7,14H2,1H3,(H,16,19). The Morgan fingerprint density at radius 2 is 2.20 bits per heavy atom. The number of aliphatic hydroxyl groups excluding tert-OH is 2. The third kappa shape index (κ3) is 2.47. The highest BCUT2D eigenvalue weighted by Gasteiger charge is 2.30. The highest BCUT2D eigenvalue weighted by atomic mass is 32.1. The molecule has 108 valence electrons. The molecule has 0 radical (unpaired) electrons. The largest absolute Gasteiger partial charge is 0.397 e. The summed E-state index contributed by atoms with van der Waals surface area (Å²) in [6.45, 7) is 1.10. The number of carbonyl (C=O) groups is 1. The predicted molar refractivity (Wildman–Crippen MR) is 78.7 cm³/mol. The fourth-order valence-corrected chi connectivity index (χ4v) is 2.82. The lowest BCUT2D eigenvalue weighted by Crippen LogP contribution is -2.53. The van der Waals surface area contributed by atoms with Crippen molar-refractivity contribution in [3.05, 3.63) is 23.2 Å². The van der Waals surface area contributed by atoms with Crippen LogP contribution >= 0.6 is 11.3 Å². The maximum absolute atomic E-state index is 12.3. The highest BCUT2D eigenvalue weighted by molar-refractivity contribution is 7.21. The second kappa shape index (κ2) is 5.74. The number of hydrogen-bond donors (Lipinski definition) is 4. The van der Waals surface area contributed by atoms with Gasteiger partial charge in [0.2, 0.25) is 0 Å². The van der Waals surface area contributed by atoms with Crippen LogP contribution < -0.4 is 11.1 Å². The monoisotopic (exact) mass is 295 g/mol. The lowest BCUT2D eigenvalue weighted by Gasteiger charge is -2.29. The number of nitrogen functional groups attached to an aromatic ring is 1. The number of amides is 1. The Morgan fingerprint density at radius 1 is 1.50 bits per heavy atom. The summed E-state index contributed by atoms with van der Waals surface area (Å²) in [6.07, 6.45) is 2.05. The van der Waals surface area contributed by atoms with Crippen molar-refractivity contribution in [3.63, 3.8) is 0 Å². The minimum atomic E-state index is -1.03. The number of anilines is 1. The van der Waals surface area contributed by atoms with E-state index in [9.17, 15) is 15.0 Å². The summed E-state index contributed by atoms with van der Waals surface area (Å²) in [5, 5.41) is 22.1. The van der Waals surface area contributed by atoms with Gasteiger partial charge in [-0.3, -0.25) is 4.79 Å². The van der Waals surface area contributed by atoms with Crippen molar-refractivity contribution in [2.45, 2.75) is 18.9 Å². The van der Waals surface area contributed by atoms with Crippen LogP contribution in [0.15, 0.2) is 18.3 Å². The Kier molecular flexibility index (Phi) is 4.22. The molecular formula is C13H17N3O3S. The molecule has 0 unspecified atom stereocenters. The number of nitrogens with zero attached hydrogens (tertiary/aromatic N) is 1. The van der Waals surface area contributed by atoms with Crippen molar-refractivity contribution >= 4 is 33.1 Å². The number of pyridine rings is 1. The Balaban J connectivity index is 2.34. The summed E-state index contributed by atoms with van der Waals surface area (Å²) in [5.41, 5.74) is 5.30. The first-order chi connectivity index (χ1) is 9.56. The zero-order chi connectivity index (χ0) is 14.8. The second-order valence-corrected chi connectivity index (χ2v) is 5.60. The number of hydrogen-bond acceptors (Lipinski definition) is 6. The molecule has 1 amide bonds. The van der Waals surface area contributed by atoms with Gasteiger partial charge in [-0.15, -0.1) is 11.3 Å². The van der Waals surface area contributed by atoms with Crippen molar-refractivity contribution in [2.24, 2.45) is 0 Å². The van der Waals surface area contributed by atoms with Crippen LogP contribution in [0.25, 0.3) is 10.2 Å². The topological polar surface area (TPSA) is 108 Å². The van der Waals surface area contributed by atoms with Crippen molar-refractivity contribution in [1.29, 1.82) is 0 Å². The molecule has 2 aromatic heterocycles. The van der Waals surface area contributed by atoms with Gasteiger partial charge in [0.1, 0.15) is 9.71 Å². The average Bonchev–Trinajstić information content (AvgIpc) is 2.83. The molecule has 0 aromatic carbocycles. The van der Waals surface area contributed by atoms with Gasteiger partial charge in [-0.05, 0) is 18.6 Å². The van der Waals surface area contributed by atoms with Gasteiger partial charge >= 0.3 is 0 Å². The van der Waals surface area contributed by atoms with Crippen molar-refractivity contribution in [2.75, 3.05) is 18.9 Å². The number of rotatable bonds is 5. The van der Waals surface area contributed by atoms with E-state index in [-0.39, 0.29) is 13.2 Å². The third-order valence-corrected chi connectivity index (χ3v) is 4.50. The van der Waals surface area contributed by atoms with Gasteiger partial charge < -0.3 is 21.3 Å². The molecular weight excluding hydrogens is 278 g/mol. The molecule has 0 aliphatic rings. The Morgan fingerprint density at radius 3 is 2.75 bits per heavy atom. The molecule has 0 bridgehead atoms. The Hall–Kier alpha value is -1.70. The lowest BCUT2D eigenvalue weighted by atomic mass is 9.98. The first-order valence-corrected chi connectivity index (χ1v) is 7.05. The molecule has 0 aliphatic heterocycles. The first-order valence-electron chi connectivity index (χ1n) is 6.24. The molecule has 6 nitrogen and oxygen atoms in total. The van der Waals surface area contributed by atoms with Crippen LogP contribution in [0.5, 0.6) is 0 Å². The molecule has 0 spiro atoms.